The van der Waals surface area contributed by atoms with Crippen LogP contribution in [0.2, 0.25) is 5.02 Å². The molecule has 0 amide bonds. The van der Waals surface area contributed by atoms with E-state index in [-0.39, 0.29) is 10.6 Å². The van der Waals surface area contributed by atoms with E-state index in [4.69, 9.17) is 17.3 Å². The third-order valence-electron chi connectivity index (χ3n) is 2.52. The van der Waals surface area contributed by atoms with Crippen LogP contribution in [0.1, 0.15) is 5.56 Å². The topological polar surface area (TPSA) is 60.2 Å². The van der Waals surface area contributed by atoms with Crippen LogP contribution < -0.4 is 5.73 Å². The number of anilines is 1. The second kappa shape index (κ2) is 5.00. The summed E-state index contributed by atoms with van der Waals surface area (Å²) >= 11 is 5.97. The zero-order valence-electron chi connectivity index (χ0n) is 9.51. The van der Waals surface area contributed by atoms with Gasteiger partial charge in [-0.25, -0.2) is 8.42 Å². The van der Waals surface area contributed by atoms with Crippen LogP contribution in [0.25, 0.3) is 0 Å². The van der Waals surface area contributed by atoms with Crippen LogP contribution in [0.15, 0.2) is 53.4 Å². The van der Waals surface area contributed by atoms with Gasteiger partial charge in [-0.15, -0.1) is 0 Å². The molecular weight excluding hydrogens is 270 g/mol. The van der Waals surface area contributed by atoms with Gasteiger partial charge in [-0.3, -0.25) is 0 Å². The van der Waals surface area contributed by atoms with Crippen molar-refractivity contribution in [1.29, 1.82) is 0 Å². The van der Waals surface area contributed by atoms with E-state index in [0.717, 1.165) is 0 Å². The predicted molar refractivity (Wildman–Crippen MR) is 73.2 cm³/mol. The molecule has 0 unspecified atom stereocenters. The molecule has 0 aromatic heterocycles. The summed E-state index contributed by atoms with van der Waals surface area (Å²) in [4.78, 5) is 0.281. The van der Waals surface area contributed by atoms with Gasteiger partial charge in [-0.05, 0) is 35.9 Å². The first-order valence-electron chi connectivity index (χ1n) is 5.31. The van der Waals surface area contributed by atoms with E-state index in [0.29, 0.717) is 16.3 Å². The predicted octanol–water partition coefficient (Wildman–Crippen LogP) is 2.90. The molecule has 0 bridgehead atoms. The normalized spacial score (nSPS) is 11.4. The number of nitrogen functional groups attached to an aromatic ring is 1. The summed E-state index contributed by atoms with van der Waals surface area (Å²) < 4.78 is 24.3. The highest BCUT2D eigenvalue weighted by atomic mass is 35.5. The van der Waals surface area contributed by atoms with Crippen LogP contribution in [-0.4, -0.2) is 8.42 Å². The Labute approximate surface area is 111 Å². The van der Waals surface area contributed by atoms with Crippen molar-refractivity contribution in [3.63, 3.8) is 0 Å². The third-order valence-corrected chi connectivity index (χ3v) is 4.57. The van der Waals surface area contributed by atoms with Crippen molar-refractivity contribution in [2.24, 2.45) is 0 Å². The molecule has 2 N–H and O–H groups in total. The average Bonchev–Trinajstić information content (AvgIpc) is 2.35. The van der Waals surface area contributed by atoms with Crippen LogP contribution in [0, 0.1) is 0 Å². The van der Waals surface area contributed by atoms with Gasteiger partial charge in [0, 0.05) is 10.7 Å². The first-order chi connectivity index (χ1) is 8.49. The van der Waals surface area contributed by atoms with E-state index in [1.165, 1.54) is 0 Å². The molecule has 0 saturated carbocycles. The summed E-state index contributed by atoms with van der Waals surface area (Å²) in [6.07, 6.45) is 0. The molecule has 94 valence electrons. The lowest BCUT2D eigenvalue weighted by atomic mass is 10.2. The van der Waals surface area contributed by atoms with Crippen LogP contribution in [0.3, 0.4) is 0 Å². The molecule has 0 aliphatic heterocycles. The molecule has 2 aromatic rings. The molecule has 0 heterocycles. The fraction of sp³-hybridized carbons (Fsp3) is 0.0769. The van der Waals surface area contributed by atoms with Gasteiger partial charge in [0.05, 0.1) is 10.6 Å². The number of sulfone groups is 1. The number of hydrogen-bond acceptors (Lipinski definition) is 3. The molecule has 0 aliphatic carbocycles. The highest BCUT2D eigenvalue weighted by molar-refractivity contribution is 7.90. The summed E-state index contributed by atoms with van der Waals surface area (Å²) in [7, 11) is -3.39. The Balaban J connectivity index is 2.37. The minimum atomic E-state index is -3.39. The van der Waals surface area contributed by atoms with Gasteiger partial charge in [-0.2, -0.15) is 0 Å². The Kier molecular flexibility index (Phi) is 3.59. The van der Waals surface area contributed by atoms with Crippen LogP contribution in [0.4, 0.5) is 5.69 Å². The quantitative estimate of drug-likeness (QED) is 0.880. The largest absolute Gasteiger partial charge is 0.399 e. The SMILES string of the molecule is Nc1ccc(Cl)c(CS(=O)(=O)c2ccccc2)c1. The van der Waals surface area contributed by atoms with Crippen LogP contribution in [-0.2, 0) is 15.6 Å². The van der Waals surface area contributed by atoms with Crippen molar-refractivity contribution in [1.82, 2.24) is 0 Å². The lowest BCUT2D eigenvalue weighted by molar-refractivity contribution is 0.595. The molecular formula is C13H12ClNO2S. The van der Waals surface area contributed by atoms with Crippen molar-refractivity contribution in [3.8, 4) is 0 Å². The van der Waals surface area contributed by atoms with Gasteiger partial charge in [0.2, 0.25) is 0 Å². The Hall–Kier alpha value is -1.52. The molecule has 0 fully saturated rings. The van der Waals surface area contributed by atoms with Gasteiger partial charge in [0.25, 0.3) is 0 Å². The summed E-state index contributed by atoms with van der Waals surface area (Å²) in [6.45, 7) is 0. The number of benzene rings is 2. The molecule has 0 atom stereocenters. The summed E-state index contributed by atoms with van der Waals surface area (Å²) in [5.41, 5.74) is 6.64. The summed E-state index contributed by atoms with van der Waals surface area (Å²) in [5, 5.41) is 0.406. The van der Waals surface area contributed by atoms with Gasteiger partial charge < -0.3 is 5.73 Å². The number of halogens is 1. The van der Waals surface area contributed by atoms with Crippen LogP contribution in [0.5, 0.6) is 0 Å². The van der Waals surface area contributed by atoms with Crippen LogP contribution >= 0.6 is 11.6 Å². The third kappa shape index (κ3) is 2.83. The number of hydrogen-bond donors (Lipinski definition) is 1. The zero-order valence-corrected chi connectivity index (χ0v) is 11.1. The van der Waals surface area contributed by atoms with Gasteiger partial charge in [0.15, 0.2) is 9.84 Å². The maximum absolute atomic E-state index is 12.2. The molecule has 0 radical (unpaired) electrons. The second-order valence-corrected chi connectivity index (χ2v) is 6.32. The van der Waals surface area contributed by atoms with Gasteiger partial charge >= 0.3 is 0 Å². The Morgan fingerprint density at radius 2 is 1.72 bits per heavy atom. The van der Waals surface area contributed by atoms with E-state index in [9.17, 15) is 8.42 Å². The first kappa shape index (κ1) is 12.9. The Morgan fingerprint density at radius 3 is 2.39 bits per heavy atom. The molecule has 0 saturated heterocycles. The number of nitrogens with two attached hydrogens (primary N) is 1. The van der Waals surface area contributed by atoms with Crippen molar-refractivity contribution in [3.05, 3.63) is 59.1 Å². The van der Waals surface area contributed by atoms with E-state index in [1.807, 2.05) is 0 Å². The highest BCUT2D eigenvalue weighted by Gasteiger charge is 2.16. The lowest BCUT2D eigenvalue weighted by Gasteiger charge is -2.07. The molecule has 5 heteroatoms. The Morgan fingerprint density at radius 1 is 1.06 bits per heavy atom. The summed E-state index contributed by atoms with van der Waals surface area (Å²) in [5.74, 6) is -0.152. The number of rotatable bonds is 3. The molecule has 0 spiro atoms. The minimum Gasteiger partial charge on any atom is -0.399 e. The highest BCUT2D eigenvalue weighted by Crippen LogP contribution is 2.24. The van der Waals surface area contributed by atoms with Crippen molar-refractivity contribution < 1.29 is 8.42 Å². The van der Waals surface area contributed by atoms with Crippen molar-refractivity contribution in [2.75, 3.05) is 5.73 Å². The van der Waals surface area contributed by atoms with Gasteiger partial charge in [-0.1, -0.05) is 29.8 Å². The molecule has 2 rings (SSSR count). The molecule has 0 aliphatic rings. The molecule has 2 aromatic carbocycles. The first-order valence-corrected chi connectivity index (χ1v) is 7.34. The van der Waals surface area contributed by atoms with Crippen molar-refractivity contribution in [2.45, 2.75) is 10.6 Å². The monoisotopic (exact) mass is 281 g/mol. The van der Waals surface area contributed by atoms with E-state index < -0.39 is 9.84 Å². The fourth-order valence-corrected chi connectivity index (χ4v) is 3.27. The summed E-state index contributed by atoms with van der Waals surface area (Å²) in [6, 6.07) is 13.1. The lowest BCUT2D eigenvalue weighted by Crippen LogP contribution is -2.05. The fourth-order valence-electron chi connectivity index (χ4n) is 1.62. The zero-order chi connectivity index (χ0) is 13.2. The van der Waals surface area contributed by atoms with E-state index in [1.54, 1.807) is 48.5 Å². The maximum Gasteiger partial charge on any atom is 0.182 e. The van der Waals surface area contributed by atoms with Gasteiger partial charge in [0.1, 0.15) is 0 Å². The second-order valence-electron chi connectivity index (χ2n) is 3.92. The molecule has 18 heavy (non-hydrogen) atoms. The standard InChI is InChI=1S/C13H12ClNO2S/c14-13-7-6-11(15)8-10(13)9-18(16,17)12-4-2-1-3-5-12/h1-8H,9,15H2. The Bertz CT molecular complexity index is 654. The minimum absolute atomic E-state index is 0.152. The van der Waals surface area contributed by atoms with Crippen molar-refractivity contribution >= 4 is 27.1 Å². The molecule has 3 nitrogen and oxygen atoms in total. The van der Waals surface area contributed by atoms with E-state index in [2.05, 4.69) is 0 Å². The average molecular weight is 282 g/mol. The smallest absolute Gasteiger partial charge is 0.182 e. The van der Waals surface area contributed by atoms with E-state index >= 15 is 0 Å². The maximum atomic E-state index is 12.2.